The lowest BCUT2D eigenvalue weighted by Crippen LogP contribution is -2.62. The first kappa shape index (κ1) is 25.2. The van der Waals surface area contributed by atoms with Gasteiger partial charge in [-0.05, 0) is 110 Å². The van der Waals surface area contributed by atoms with E-state index in [0.717, 1.165) is 57.1 Å². The summed E-state index contributed by atoms with van der Waals surface area (Å²) in [5.74, 6) is 1.97. The molecule has 5 nitrogen and oxygen atoms in total. The molecule has 5 heteroatoms. The van der Waals surface area contributed by atoms with E-state index in [1.807, 2.05) is 30.3 Å². The van der Waals surface area contributed by atoms with Gasteiger partial charge >= 0.3 is 0 Å². The van der Waals surface area contributed by atoms with E-state index in [0.29, 0.717) is 36.0 Å². The SMILES string of the molecule is C[C@H](CCC(=O)Nc1ccccc1)[C@H]1CC[C@H]2[C@@H]3[C@H](O)C[C@@H]4C[C@H](O)CC[C@]4(C)[C@H]3C[C@H](O)[C@]12C. The van der Waals surface area contributed by atoms with Crippen molar-refractivity contribution in [2.45, 2.75) is 96.9 Å². The maximum atomic E-state index is 12.6. The molecule has 4 aliphatic carbocycles. The first-order chi connectivity index (χ1) is 16.6. The molecule has 194 valence electrons. The average molecular weight is 484 g/mol. The van der Waals surface area contributed by atoms with Crippen LogP contribution in [0.5, 0.6) is 0 Å². The molecule has 0 aliphatic heterocycles. The maximum Gasteiger partial charge on any atom is 0.224 e. The Labute approximate surface area is 210 Å². The van der Waals surface area contributed by atoms with Crippen molar-refractivity contribution < 1.29 is 20.1 Å². The summed E-state index contributed by atoms with van der Waals surface area (Å²) in [4.78, 5) is 12.6. The van der Waals surface area contributed by atoms with Crippen LogP contribution < -0.4 is 5.32 Å². The quantitative estimate of drug-likeness (QED) is 0.474. The van der Waals surface area contributed by atoms with Gasteiger partial charge in [0.1, 0.15) is 0 Å². The monoisotopic (exact) mass is 483 g/mol. The molecule has 0 radical (unpaired) electrons. The summed E-state index contributed by atoms with van der Waals surface area (Å²) in [5.41, 5.74) is 0.722. The number of fused-ring (bicyclic) bond motifs is 5. The molecule has 0 bridgehead atoms. The van der Waals surface area contributed by atoms with Crippen LogP contribution in [0.3, 0.4) is 0 Å². The molecular weight excluding hydrogens is 438 g/mol. The molecule has 1 amide bonds. The van der Waals surface area contributed by atoms with E-state index in [-0.39, 0.29) is 41.0 Å². The largest absolute Gasteiger partial charge is 0.393 e. The fraction of sp³-hybridized carbons (Fsp3) is 0.767. The molecule has 5 rings (SSSR count). The van der Waals surface area contributed by atoms with Crippen molar-refractivity contribution in [1.29, 1.82) is 0 Å². The third kappa shape index (κ3) is 4.26. The summed E-state index contributed by atoms with van der Waals surface area (Å²) in [5, 5.41) is 36.4. The first-order valence-electron chi connectivity index (χ1n) is 14.0. The highest BCUT2D eigenvalue weighted by atomic mass is 16.3. The van der Waals surface area contributed by atoms with Crippen molar-refractivity contribution >= 4 is 11.6 Å². The number of para-hydroxylation sites is 1. The molecular formula is C30H45NO4. The van der Waals surface area contributed by atoms with E-state index in [9.17, 15) is 20.1 Å². The van der Waals surface area contributed by atoms with Crippen LogP contribution in [0.2, 0.25) is 0 Å². The Hall–Kier alpha value is -1.43. The number of carbonyl (C=O) groups is 1. The zero-order valence-electron chi connectivity index (χ0n) is 21.7. The van der Waals surface area contributed by atoms with E-state index >= 15 is 0 Å². The van der Waals surface area contributed by atoms with Gasteiger partial charge in [0.15, 0.2) is 0 Å². The second-order valence-electron chi connectivity index (χ2n) is 13.0. The number of aliphatic hydroxyl groups excluding tert-OH is 3. The Bertz CT molecular complexity index is 907. The zero-order valence-corrected chi connectivity index (χ0v) is 21.7. The van der Waals surface area contributed by atoms with Gasteiger partial charge in [-0.15, -0.1) is 0 Å². The second kappa shape index (κ2) is 9.46. The minimum absolute atomic E-state index is 0.0492. The number of hydrogen-bond acceptors (Lipinski definition) is 4. The van der Waals surface area contributed by atoms with Gasteiger partial charge in [-0.1, -0.05) is 39.0 Å². The van der Waals surface area contributed by atoms with Crippen molar-refractivity contribution in [3.63, 3.8) is 0 Å². The minimum Gasteiger partial charge on any atom is -0.393 e. The summed E-state index contributed by atoms with van der Waals surface area (Å²) in [7, 11) is 0. The van der Waals surface area contributed by atoms with Gasteiger partial charge in [0.05, 0.1) is 18.3 Å². The first-order valence-corrected chi connectivity index (χ1v) is 14.0. The Kier molecular flexibility index (Phi) is 6.82. The van der Waals surface area contributed by atoms with Crippen molar-refractivity contribution in [1.82, 2.24) is 0 Å². The highest BCUT2D eigenvalue weighted by Crippen LogP contribution is 2.68. The van der Waals surface area contributed by atoms with Crippen LogP contribution in [0.1, 0.15) is 78.6 Å². The second-order valence-corrected chi connectivity index (χ2v) is 13.0. The highest BCUT2D eigenvalue weighted by Gasteiger charge is 2.65. The number of rotatable bonds is 5. The van der Waals surface area contributed by atoms with Gasteiger partial charge in [-0.2, -0.15) is 0 Å². The third-order valence-corrected chi connectivity index (χ3v) is 11.4. The molecule has 4 aliphatic rings. The number of aliphatic hydroxyl groups is 3. The zero-order chi connectivity index (χ0) is 25.0. The lowest BCUT2D eigenvalue weighted by atomic mass is 9.43. The van der Waals surface area contributed by atoms with Gasteiger partial charge in [0.25, 0.3) is 0 Å². The number of carbonyl (C=O) groups excluding carboxylic acids is 1. The molecule has 4 N–H and O–H groups in total. The molecule has 0 spiro atoms. The molecule has 4 saturated carbocycles. The molecule has 11 atom stereocenters. The normalized spacial score (nSPS) is 45.7. The van der Waals surface area contributed by atoms with Crippen molar-refractivity contribution in [2.24, 2.45) is 46.3 Å². The van der Waals surface area contributed by atoms with E-state index < -0.39 is 0 Å². The van der Waals surface area contributed by atoms with Crippen LogP contribution >= 0.6 is 0 Å². The van der Waals surface area contributed by atoms with Gasteiger partial charge < -0.3 is 20.6 Å². The van der Waals surface area contributed by atoms with E-state index in [1.54, 1.807) is 0 Å². The Morgan fingerprint density at radius 3 is 2.51 bits per heavy atom. The van der Waals surface area contributed by atoms with Crippen molar-refractivity contribution in [2.75, 3.05) is 5.32 Å². The topological polar surface area (TPSA) is 89.8 Å². The minimum atomic E-state index is -0.378. The molecule has 1 aromatic carbocycles. The molecule has 4 fully saturated rings. The average Bonchev–Trinajstić information content (AvgIpc) is 3.18. The lowest BCUT2D eigenvalue weighted by Gasteiger charge is -2.63. The number of anilines is 1. The summed E-state index contributed by atoms with van der Waals surface area (Å²) in [6, 6.07) is 9.61. The van der Waals surface area contributed by atoms with E-state index in [1.165, 1.54) is 0 Å². The summed E-state index contributed by atoms with van der Waals surface area (Å²) in [6.07, 6.45) is 6.64. The number of nitrogens with one attached hydrogen (secondary N) is 1. The standard InChI is InChI=1S/C30H45NO4/c1-18(9-12-27(35)31-20-7-5-4-6-8-20)22-10-11-23-28-24(17-26(34)30(22,23)3)29(2)14-13-21(32)15-19(29)16-25(28)33/h4-8,18-19,21-26,28,32-34H,9-17H2,1-3H3,(H,31,35)/t18-,19+,21-,22-,23+,24+,25-,26+,28+,29+,30-/m1/s1. The number of benzene rings is 1. The van der Waals surface area contributed by atoms with E-state index in [2.05, 4.69) is 26.1 Å². The predicted octanol–water partition coefficient (Wildman–Crippen LogP) is 5.00. The van der Waals surface area contributed by atoms with Gasteiger partial charge in [0.2, 0.25) is 5.91 Å². The van der Waals surface area contributed by atoms with Crippen LogP contribution in [-0.2, 0) is 4.79 Å². The van der Waals surface area contributed by atoms with Crippen LogP contribution in [-0.4, -0.2) is 39.5 Å². The van der Waals surface area contributed by atoms with Gasteiger partial charge in [-0.25, -0.2) is 0 Å². The Morgan fingerprint density at radius 1 is 1.03 bits per heavy atom. The smallest absolute Gasteiger partial charge is 0.224 e. The molecule has 0 unspecified atom stereocenters. The third-order valence-electron chi connectivity index (χ3n) is 11.4. The molecule has 0 aromatic heterocycles. The highest BCUT2D eigenvalue weighted by molar-refractivity contribution is 5.90. The fourth-order valence-electron chi connectivity index (χ4n) is 9.44. The van der Waals surface area contributed by atoms with E-state index in [4.69, 9.17) is 0 Å². The van der Waals surface area contributed by atoms with Crippen LogP contribution in [0.4, 0.5) is 5.69 Å². The number of amides is 1. The summed E-state index contributed by atoms with van der Waals surface area (Å²) < 4.78 is 0. The fourth-order valence-corrected chi connectivity index (χ4v) is 9.44. The van der Waals surface area contributed by atoms with Crippen molar-refractivity contribution in [3.8, 4) is 0 Å². The Morgan fingerprint density at radius 2 is 1.77 bits per heavy atom. The van der Waals surface area contributed by atoms with Gasteiger partial charge in [-0.3, -0.25) is 4.79 Å². The summed E-state index contributed by atoms with van der Waals surface area (Å²) in [6.45, 7) is 6.91. The molecule has 0 saturated heterocycles. The molecule has 0 heterocycles. The maximum absolute atomic E-state index is 12.6. The van der Waals surface area contributed by atoms with Crippen LogP contribution in [0.25, 0.3) is 0 Å². The van der Waals surface area contributed by atoms with Crippen molar-refractivity contribution in [3.05, 3.63) is 30.3 Å². The number of hydrogen-bond donors (Lipinski definition) is 4. The van der Waals surface area contributed by atoms with Crippen LogP contribution in [0.15, 0.2) is 30.3 Å². The molecule has 35 heavy (non-hydrogen) atoms. The summed E-state index contributed by atoms with van der Waals surface area (Å²) >= 11 is 0. The van der Waals surface area contributed by atoms with Crippen LogP contribution in [0, 0.1) is 46.3 Å². The Balaban J connectivity index is 1.29. The molecule has 1 aromatic rings. The predicted molar refractivity (Wildman–Crippen MR) is 137 cm³/mol. The lowest BCUT2D eigenvalue weighted by molar-refractivity contribution is -0.207. The van der Waals surface area contributed by atoms with Gasteiger partial charge in [0, 0.05) is 12.1 Å².